The summed E-state index contributed by atoms with van der Waals surface area (Å²) in [5.74, 6) is 0.820. The number of thiocarbonyl (C=S) groups is 1. The second-order valence-corrected chi connectivity index (χ2v) is 6.77. The number of hydrogen-bond acceptors (Lipinski definition) is 2. The van der Waals surface area contributed by atoms with Gasteiger partial charge in [-0.15, -0.1) is 0 Å². The largest absolute Gasteiger partial charge is 0.490 e. The lowest BCUT2D eigenvalue weighted by molar-refractivity contribution is 0.363. The molecule has 0 spiro atoms. The fourth-order valence-corrected chi connectivity index (χ4v) is 3.70. The van der Waals surface area contributed by atoms with Gasteiger partial charge in [-0.2, -0.15) is 0 Å². The van der Waals surface area contributed by atoms with Crippen molar-refractivity contribution in [3.05, 3.63) is 72.8 Å². The van der Waals surface area contributed by atoms with Crippen LogP contribution in [0.4, 0.5) is 5.69 Å². The van der Waals surface area contributed by atoms with E-state index in [0.29, 0.717) is 11.7 Å². The maximum atomic E-state index is 5.58. The molecule has 1 aliphatic carbocycles. The predicted octanol–water partition coefficient (Wildman–Crippen LogP) is 5.01. The summed E-state index contributed by atoms with van der Waals surface area (Å²) in [5.41, 5.74) is 2.20. The van der Waals surface area contributed by atoms with Gasteiger partial charge in [0.25, 0.3) is 0 Å². The van der Waals surface area contributed by atoms with Gasteiger partial charge < -0.3 is 15.4 Å². The molecule has 0 aliphatic heterocycles. The van der Waals surface area contributed by atoms with Crippen molar-refractivity contribution < 1.29 is 4.74 Å². The quantitative estimate of drug-likeness (QED) is 0.566. The molecule has 1 fully saturated rings. The minimum atomic E-state index is -0.0572. The van der Waals surface area contributed by atoms with Crippen LogP contribution in [0, 0.1) is 0 Å². The zero-order valence-corrected chi connectivity index (χ0v) is 15.1. The second kappa shape index (κ2) is 8.17. The highest BCUT2D eigenvalue weighted by Gasteiger charge is 2.36. The maximum Gasteiger partial charge on any atom is 0.171 e. The van der Waals surface area contributed by atoms with Gasteiger partial charge in [-0.05, 0) is 54.9 Å². The summed E-state index contributed by atoms with van der Waals surface area (Å²) in [7, 11) is 0. The minimum absolute atomic E-state index is 0.0572. The van der Waals surface area contributed by atoms with Gasteiger partial charge in [0, 0.05) is 5.69 Å². The van der Waals surface area contributed by atoms with E-state index in [1.54, 1.807) is 6.08 Å². The van der Waals surface area contributed by atoms with Crippen molar-refractivity contribution in [3.63, 3.8) is 0 Å². The first-order valence-electron chi connectivity index (χ1n) is 8.70. The standard InChI is InChI=1S/C21H24N2OS/c1-2-16-24-19-12-10-18(11-13-19)22-20(25)23-21(14-6-7-15-21)17-8-4-3-5-9-17/h2-5,8-13H,1,6-7,14-16H2,(H2,22,23,25). The Morgan fingerprint density at radius 1 is 1.08 bits per heavy atom. The van der Waals surface area contributed by atoms with E-state index in [4.69, 9.17) is 17.0 Å². The van der Waals surface area contributed by atoms with Gasteiger partial charge in [-0.3, -0.25) is 0 Å². The summed E-state index contributed by atoms with van der Waals surface area (Å²) >= 11 is 5.58. The van der Waals surface area contributed by atoms with E-state index in [-0.39, 0.29) is 5.54 Å². The van der Waals surface area contributed by atoms with E-state index in [2.05, 4.69) is 47.5 Å². The van der Waals surface area contributed by atoms with E-state index in [0.717, 1.165) is 24.3 Å². The fraction of sp³-hybridized carbons (Fsp3) is 0.286. The van der Waals surface area contributed by atoms with Crippen molar-refractivity contribution in [1.82, 2.24) is 5.32 Å². The SMILES string of the molecule is C=CCOc1ccc(NC(=S)NC2(c3ccccc3)CCCC2)cc1. The molecule has 4 heteroatoms. The summed E-state index contributed by atoms with van der Waals surface area (Å²) in [6.07, 6.45) is 6.38. The van der Waals surface area contributed by atoms with E-state index in [9.17, 15) is 0 Å². The van der Waals surface area contributed by atoms with Crippen molar-refractivity contribution >= 4 is 23.0 Å². The number of anilines is 1. The number of nitrogens with one attached hydrogen (secondary N) is 2. The molecule has 3 nitrogen and oxygen atoms in total. The Balaban J connectivity index is 1.65. The summed E-state index contributed by atoms with van der Waals surface area (Å²) in [4.78, 5) is 0. The molecule has 2 aromatic carbocycles. The third kappa shape index (κ3) is 4.40. The van der Waals surface area contributed by atoms with Crippen LogP contribution in [0.25, 0.3) is 0 Å². The van der Waals surface area contributed by atoms with Crippen molar-refractivity contribution in [2.45, 2.75) is 31.2 Å². The first-order valence-corrected chi connectivity index (χ1v) is 9.11. The Morgan fingerprint density at radius 3 is 2.40 bits per heavy atom. The number of ether oxygens (including phenoxy) is 1. The Hall–Kier alpha value is -2.33. The molecular weight excluding hydrogens is 328 g/mol. The zero-order chi connectivity index (χ0) is 17.5. The van der Waals surface area contributed by atoms with Crippen LogP contribution in [0.2, 0.25) is 0 Å². The molecule has 3 rings (SSSR count). The van der Waals surface area contributed by atoms with Crippen LogP contribution < -0.4 is 15.4 Å². The van der Waals surface area contributed by atoms with Crippen molar-refractivity contribution in [2.75, 3.05) is 11.9 Å². The molecule has 2 aromatic rings. The summed E-state index contributed by atoms with van der Waals surface area (Å²) < 4.78 is 5.50. The minimum Gasteiger partial charge on any atom is -0.490 e. The summed E-state index contributed by atoms with van der Waals surface area (Å²) in [5, 5.41) is 7.53. The topological polar surface area (TPSA) is 33.3 Å². The first-order chi connectivity index (χ1) is 12.2. The van der Waals surface area contributed by atoms with Gasteiger partial charge in [-0.25, -0.2) is 0 Å². The van der Waals surface area contributed by atoms with Crippen LogP contribution in [0.1, 0.15) is 31.2 Å². The highest BCUT2D eigenvalue weighted by atomic mass is 32.1. The van der Waals surface area contributed by atoms with Crippen LogP contribution in [0.5, 0.6) is 5.75 Å². The normalized spacial score (nSPS) is 15.4. The van der Waals surface area contributed by atoms with Crippen molar-refractivity contribution in [2.24, 2.45) is 0 Å². The third-order valence-corrected chi connectivity index (χ3v) is 4.82. The van der Waals surface area contributed by atoms with Gasteiger partial charge in [-0.1, -0.05) is 55.8 Å². The average Bonchev–Trinajstić information content (AvgIpc) is 3.11. The lowest BCUT2D eigenvalue weighted by atomic mass is 9.88. The monoisotopic (exact) mass is 352 g/mol. The highest BCUT2D eigenvalue weighted by Crippen LogP contribution is 2.38. The Labute approximate surface area is 155 Å². The molecule has 0 bridgehead atoms. The van der Waals surface area contributed by atoms with E-state index in [1.165, 1.54) is 18.4 Å². The van der Waals surface area contributed by atoms with Gasteiger partial charge in [0.15, 0.2) is 5.11 Å². The van der Waals surface area contributed by atoms with Crippen LogP contribution in [-0.2, 0) is 5.54 Å². The number of rotatable bonds is 6. The molecule has 0 atom stereocenters. The number of benzene rings is 2. The molecule has 25 heavy (non-hydrogen) atoms. The molecule has 2 N–H and O–H groups in total. The van der Waals surface area contributed by atoms with E-state index >= 15 is 0 Å². The van der Waals surface area contributed by atoms with E-state index < -0.39 is 0 Å². The molecule has 0 amide bonds. The molecule has 0 radical (unpaired) electrons. The Kier molecular flexibility index (Phi) is 5.71. The lowest BCUT2D eigenvalue weighted by Crippen LogP contribution is -2.45. The maximum absolute atomic E-state index is 5.58. The first kappa shape index (κ1) is 17.5. The molecule has 1 aliphatic rings. The van der Waals surface area contributed by atoms with Gasteiger partial charge in [0.2, 0.25) is 0 Å². The zero-order valence-electron chi connectivity index (χ0n) is 14.3. The molecular formula is C21H24N2OS. The lowest BCUT2D eigenvalue weighted by Gasteiger charge is -2.32. The van der Waals surface area contributed by atoms with Crippen molar-refractivity contribution in [3.8, 4) is 5.75 Å². The predicted molar refractivity (Wildman–Crippen MR) is 108 cm³/mol. The summed E-state index contributed by atoms with van der Waals surface area (Å²) in [6, 6.07) is 18.4. The third-order valence-electron chi connectivity index (χ3n) is 4.62. The van der Waals surface area contributed by atoms with Gasteiger partial charge in [0.1, 0.15) is 12.4 Å². The Bertz CT molecular complexity index is 706. The van der Waals surface area contributed by atoms with Crippen LogP contribution in [-0.4, -0.2) is 11.7 Å². The summed E-state index contributed by atoms with van der Waals surface area (Å²) in [6.45, 7) is 4.16. The van der Waals surface area contributed by atoms with Crippen LogP contribution in [0.15, 0.2) is 67.3 Å². The van der Waals surface area contributed by atoms with Crippen molar-refractivity contribution in [1.29, 1.82) is 0 Å². The van der Waals surface area contributed by atoms with Crippen LogP contribution >= 0.6 is 12.2 Å². The second-order valence-electron chi connectivity index (χ2n) is 6.36. The molecule has 0 unspecified atom stereocenters. The molecule has 130 valence electrons. The number of hydrogen-bond donors (Lipinski definition) is 2. The smallest absolute Gasteiger partial charge is 0.171 e. The molecule has 0 saturated heterocycles. The van der Waals surface area contributed by atoms with Crippen LogP contribution in [0.3, 0.4) is 0 Å². The average molecular weight is 353 g/mol. The van der Waals surface area contributed by atoms with E-state index in [1.807, 2.05) is 24.3 Å². The molecule has 1 saturated carbocycles. The Morgan fingerprint density at radius 2 is 1.76 bits per heavy atom. The fourth-order valence-electron chi connectivity index (χ4n) is 3.39. The molecule has 0 heterocycles. The van der Waals surface area contributed by atoms with Gasteiger partial charge in [0.05, 0.1) is 5.54 Å². The highest BCUT2D eigenvalue weighted by molar-refractivity contribution is 7.80. The molecule has 0 aromatic heterocycles. The van der Waals surface area contributed by atoms with Gasteiger partial charge >= 0.3 is 0 Å².